The minimum atomic E-state index is -0.962. The third-order valence-corrected chi connectivity index (χ3v) is 3.08. The van der Waals surface area contributed by atoms with Gasteiger partial charge in [-0.05, 0) is 13.0 Å². The van der Waals surface area contributed by atoms with Crippen molar-refractivity contribution in [1.82, 2.24) is 4.90 Å². The van der Waals surface area contributed by atoms with Gasteiger partial charge in [0, 0.05) is 25.2 Å². The minimum absolute atomic E-state index is 0.519. The minimum Gasteiger partial charge on any atom is -0.478 e. The van der Waals surface area contributed by atoms with Gasteiger partial charge in [-0.15, -0.1) is 0 Å². The Labute approximate surface area is 127 Å². The average Bonchev–Trinajstić information content (AvgIpc) is 2.41. The lowest BCUT2D eigenvalue weighted by Gasteiger charge is -2.18. The highest BCUT2D eigenvalue weighted by Gasteiger charge is 2.01. The molecule has 0 heterocycles. The number of rotatable bonds is 13. The fraction of sp³-hybridized carbons (Fsp3) is 0.625. The molecule has 0 saturated heterocycles. The molecule has 0 unspecified atom stereocenters. The summed E-state index contributed by atoms with van der Waals surface area (Å²) in [6.07, 6.45) is 12.6. The summed E-state index contributed by atoms with van der Waals surface area (Å²) in [5.41, 5.74) is 0. The van der Waals surface area contributed by atoms with Crippen LogP contribution < -0.4 is 0 Å². The molecule has 5 heteroatoms. The predicted molar refractivity (Wildman–Crippen MR) is 83.4 cm³/mol. The lowest BCUT2D eigenvalue weighted by Crippen LogP contribution is -2.25. The number of hydrogen-bond acceptors (Lipinski definition) is 3. The number of carboxylic acid groups (broad SMARTS) is 2. The molecule has 2 N–H and O–H groups in total. The Morgan fingerprint density at radius 3 is 1.81 bits per heavy atom. The van der Waals surface area contributed by atoms with Crippen molar-refractivity contribution < 1.29 is 19.8 Å². The van der Waals surface area contributed by atoms with Crippen LogP contribution in [0.2, 0.25) is 0 Å². The Morgan fingerprint density at radius 1 is 0.857 bits per heavy atom. The molecule has 0 aromatic carbocycles. The van der Waals surface area contributed by atoms with E-state index in [0.29, 0.717) is 13.1 Å². The van der Waals surface area contributed by atoms with E-state index in [1.54, 1.807) is 12.2 Å². The smallest absolute Gasteiger partial charge is 0.328 e. The van der Waals surface area contributed by atoms with E-state index in [1.807, 2.05) is 4.90 Å². The molecule has 0 aromatic heterocycles. The van der Waals surface area contributed by atoms with Gasteiger partial charge in [0.1, 0.15) is 0 Å². The van der Waals surface area contributed by atoms with Crippen LogP contribution in [0.15, 0.2) is 24.3 Å². The van der Waals surface area contributed by atoms with Crippen LogP contribution in [0.5, 0.6) is 0 Å². The predicted octanol–water partition coefficient (Wildman–Crippen LogP) is 2.93. The van der Waals surface area contributed by atoms with Gasteiger partial charge in [-0.1, -0.05) is 51.2 Å². The molecule has 0 bridgehead atoms. The standard InChI is InChI=1S/C16H27NO4/c1-2-3-4-5-6-7-12-17(13-8-10-15(18)19)14-9-11-16(20)21/h8-11H,2-7,12-14H2,1H3,(H,18,19)(H,20,21). The zero-order chi connectivity index (χ0) is 15.9. The van der Waals surface area contributed by atoms with Gasteiger partial charge < -0.3 is 10.2 Å². The molecule has 0 saturated carbocycles. The van der Waals surface area contributed by atoms with E-state index in [2.05, 4.69) is 6.92 Å². The first kappa shape index (κ1) is 19.4. The molecule has 0 aliphatic carbocycles. The molecular weight excluding hydrogens is 270 g/mol. The van der Waals surface area contributed by atoms with Crippen molar-refractivity contribution >= 4 is 11.9 Å². The molecule has 0 rings (SSSR count). The molecule has 0 aromatic rings. The van der Waals surface area contributed by atoms with Crippen molar-refractivity contribution in [2.45, 2.75) is 45.4 Å². The van der Waals surface area contributed by atoms with Gasteiger partial charge in [0.15, 0.2) is 0 Å². The van der Waals surface area contributed by atoms with Gasteiger partial charge >= 0.3 is 11.9 Å². The van der Waals surface area contributed by atoms with Crippen molar-refractivity contribution in [2.75, 3.05) is 19.6 Å². The van der Waals surface area contributed by atoms with Crippen molar-refractivity contribution in [3.8, 4) is 0 Å². The van der Waals surface area contributed by atoms with Crippen LogP contribution in [0, 0.1) is 0 Å². The molecule has 0 radical (unpaired) electrons. The topological polar surface area (TPSA) is 77.8 Å². The van der Waals surface area contributed by atoms with Crippen LogP contribution in [-0.2, 0) is 9.59 Å². The molecule has 5 nitrogen and oxygen atoms in total. The summed E-state index contributed by atoms with van der Waals surface area (Å²) in [5.74, 6) is -1.92. The molecule has 0 aliphatic rings. The average molecular weight is 297 g/mol. The van der Waals surface area contributed by atoms with Crippen LogP contribution >= 0.6 is 0 Å². The summed E-state index contributed by atoms with van der Waals surface area (Å²) >= 11 is 0. The van der Waals surface area contributed by atoms with Gasteiger partial charge in [-0.3, -0.25) is 4.90 Å². The molecule has 0 amide bonds. The Morgan fingerprint density at radius 2 is 1.33 bits per heavy atom. The van der Waals surface area contributed by atoms with Crippen molar-refractivity contribution in [2.24, 2.45) is 0 Å². The second-order valence-corrected chi connectivity index (χ2v) is 5.01. The SMILES string of the molecule is CCCCCCCCN(CC=CC(=O)O)CC=CC(=O)O. The maximum absolute atomic E-state index is 10.4. The fourth-order valence-corrected chi connectivity index (χ4v) is 1.98. The lowest BCUT2D eigenvalue weighted by atomic mass is 10.1. The highest BCUT2D eigenvalue weighted by atomic mass is 16.4. The zero-order valence-electron chi connectivity index (χ0n) is 12.8. The lowest BCUT2D eigenvalue weighted by molar-refractivity contribution is -0.132. The van der Waals surface area contributed by atoms with E-state index in [4.69, 9.17) is 10.2 Å². The summed E-state index contributed by atoms with van der Waals surface area (Å²) in [5, 5.41) is 17.1. The van der Waals surface area contributed by atoms with Crippen molar-refractivity contribution in [1.29, 1.82) is 0 Å². The number of hydrogen-bond donors (Lipinski definition) is 2. The Hall–Kier alpha value is -1.62. The summed E-state index contributed by atoms with van der Waals surface area (Å²) in [7, 11) is 0. The summed E-state index contributed by atoms with van der Waals surface area (Å²) < 4.78 is 0. The van der Waals surface area contributed by atoms with Crippen LogP contribution in [0.4, 0.5) is 0 Å². The van der Waals surface area contributed by atoms with Crippen LogP contribution in [0.25, 0.3) is 0 Å². The Kier molecular flexibility index (Phi) is 12.3. The first-order valence-electron chi connectivity index (χ1n) is 7.57. The highest BCUT2D eigenvalue weighted by Crippen LogP contribution is 2.06. The highest BCUT2D eigenvalue weighted by molar-refractivity contribution is 5.80. The first-order chi connectivity index (χ1) is 10.1. The van der Waals surface area contributed by atoms with Crippen molar-refractivity contribution in [3.63, 3.8) is 0 Å². The van der Waals surface area contributed by atoms with Gasteiger partial charge in [0.2, 0.25) is 0 Å². The third-order valence-electron chi connectivity index (χ3n) is 3.08. The second-order valence-electron chi connectivity index (χ2n) is 5.01. The fourth-order valence-electron chi connectivity index (χ4n) is 1.98. The third kappa shape index (κ3) is 14.6. The van der Waals surface area contributed by atoms with E-state index in [9.17, 15) is 9.59 Å². The van der Waals surface area contributed by atoms with Gasteiger partial charge in [0.25, 0.3) is 0 Å². The largest absolute Gasteiger partial charge is 0.478 e. The number of unbranched alkanes of at least 4 members (excludes halogenated alkanes) is 5. The number of carbonyl (C=O) groups is 2. The van der Waals surface area contributed by atoms with E-state index < -0.39 is 11.9 Å². The molecule has 120 valence electrons. The van der Waals surface area contributed by atoms with Gasteiger partial charge in [-0.2, -0.15) is 0 Å². The molecule has 0 aliphatic heterocycles. The Balaban J connectivity index is 4.05. The molecule has 0 spiro atoms. The molecular formula is C16H27NO4. The molecule has 21 heavy (non-hydrogen) atoms. The van der Waals surface area contributed by atoms with E-state index >= 15 is 0 Å². The number of nitrogens with zero attached hydrogens (tertiary/aromatic N) is 1. The van der Waals surface area contributed by atoms with E-state index in [1.165, 1.54) is 25.7 Å². The second kappa shape index (κ2) is 13.4. The van der Waals surface area contributed by atoms with E-state index in [-0.39, 0.29) is 0 Å². The number of aliphatic carboxylic acids is 2. The zero-order valence-corrected chi connectivity index (χ0v) is 12.8. The normalized spacial score (nSPS) is 11.7. The van der Waals surface area contributed by atoms with Gasteiger partial charge in [-0.25, -0.2) is 9.59 Å². The maximum atomic E-state index is 10.4. The summed E-state index contributed by atoms with van der Waals surface area (Å²) in [6, 6.07) is 0. The molecule has 0 fully saturated rings. The Bertz CT molecular complexity index is 324. The quantitative estimate of drug-likeness (QED) is 0.404. The van der Waals surface area contributed by atoms with Crippen LogP contribution in [0.1, 0.15) is 45.4 Å². The van der Waals surface area contributed by atoms with E-state index in [0.717, 1.165) is 31.5 Å². The number of carboxylic acids is 2. The molecule has 0 atom stereocenters. The maximum Gasteiger partial charge on any atom is 0.328 e. The first-order valence-corrected chi connectivity index (χ1v) is 7.57. The van der Waals surface area contributed by atoms with Gasteiger partial charge in [0.05, 0.1) is 0 Å². The summed E-state index contributed by atoms with van der Waals surface area (Å²) in [6.45, 7) is 4.07. The monoisotopic (exact) mass is 297 g/mol. The van der Waals surface area contributed by atoms with Crippen LogP contribution in [-0.4, -0.2) is 46.7 Å². The summed E-state index contributed by atoms with van der Waals surface area (Å²) in [4.78, 5) is 22.9. The van der Waals surface area contributed by atoms with Crippen LogP contribution in [0.3, 0.4) is 0 Å². The van der Waals surface area contributed by atoms with Crippen molar-refractivity contribution in [3.05, 3.63) is 24.3 Å².